The standard InChI is InChI=1S/C20H26N6O2S/c1-2-28-20(27)26-12-8-15(9-13-26)24-19(29)25-17-7-5-11-22-18(17)23-14-16-6-3-4-10-21-16/h3-7,10-11,15H,2,8-9,12-14H2,1H3,(H,22,23)(H2,24,25,29). The lowest BCUT2D eigenvalue weighted by molar-refractivity contribution is 0.0964. The predicted octanol–water partition coefficient (Wildman–Crippen LogP) is 3.00. The zero-order valence-corrected chi connectivity index (χ0v) is 17.2. The van der Waals surface area contributed by atoms with Crippen LogP contribution in [0, 0.1) is 0 Å². The molecule has 2 aromatic rings. The van der Waals surface area contributed by atoms with Crippen LogP contribution in [0.5, 0.6) is 0 Å². The number of nitrogens with one attached hydrogen (secondary N) is 3. The number of likely N-dealkylation sites (tertiary alicyclic amines) is 1. The minimum absolute atomic E-state index is 0.210. The van der Waals surface area contributed by atoms with Gasteiger partial charge in [-0.25, -0.2) is 9.78 Å². The van der Waals surface area contributed by atoms with Crippen molar-refractivity contribution in [1.29, 1.82) is 0 Å². The maximum Gasteiger partial charge on any atom is 0.409 e. The SMILES string of the molecule is CCOC(=O)N1CCC(NC(=S)Nc2cccnc2NCc2ccccn2)CC1. The smallest absolute Gasteiger partial charge is 0.409 e. The van der Waals surface area contributed by atoms with E-state index in [0.29, 0.717) is 37.2 Å². The van der Waals surface area contributed by atoms with Crippen LogP contribution in [0.1, 0.15) is 25.5 Å². The molecule has 0 aliphatic carbocycles. The van der Waals surface area contributed by atoms with Gasteiger partial charge in [0, 0.05) is 31.5 Å². The third kappa shape index (κ3) is 6.28. The fourth-order valence-electron chi connectivity index (χ4n) is 3.09. The van der Waals surface area contributed by atoms with Gasteiger partial charge in [0.05, 0.1) is 24.5 Å². The Labute approximate surface area is 176 Å². The van der Waals surface area contributed by atoms with E-state index in [1.807, 2.05) is 37.3 Å². The normalized spacial score (nSPS) is 14.2. The van der Waals surface area contributed by atoms with Crippen LogP contribution in [0.3, 0.4) is 0 Å². The molecule has 1 fully saturated rings. The van der Waals surface area contributed by atoms with Gasteiger partial charge in [-0.15, -0.1) is 0 Å². The highest BCUT2D eigenvalue weighted by Crippen LogP contribution is 2.19. The van der Waals surface area contributed by atoms with Crippen LogP contribution >= 0.6 is 12.2 Å². The number of anilines is 2. The van der Waals surface area contributed by atoms with Gasteiger partial charge in [0.1, 0.15) is 5.82 Å². The number of rotatable bonds is 6. The average molecular weight is 415 g/mol. The lowest BCUT2D eigenvalue weighted by Crippen LogP contribution is -2.47. The quantitative estimate of drug-likeness (QED) is 0.622. The zero-order chi connectivity index (χ0) is 20.5. The van der Waals surface area contributed by atoms with Crippen LogP contribution in [0.25, 0.3) is 0 Å². The summed E-state index contributed by atoms with van der Waals surface area (Å²) >= 11 is 5.48. The van der Waals surface area contributed by atoms with Crippen molar-refractivity contribution in [2.75, 3.05) is 30.3 Å². The van der Waals surface area contributed by atoms with Gasteiger partial charge in [-0.1, -0.05) is 6.07 Å². The van der Waals surface area contributed by atoms with E-state index in [-0.39, 0.29) is 12.1 Å². The number of piperidine rings is 1. The molecular formula is C20H26N6O2S. The van der Waals surface area contributed by atoms with Crippen molar-refractivity contribution >= 4 is 34.9 Å². The molecule has 9 heteroatoms. The number of carbonyl (C=O) groups is 1. The zero-order valence-electron chi connectivity index (χ0n) is 16.4. The molecule has 1 amide bonds. The van der Waals surface area contributed by atoms with Crippen molar-refractivity contribution in [3.05, 3.63) is 48.4 Å². The molecule has 0 atom stereocenters. The highest BCUT2D eigenvalue weighted by Gasteiger charge is 2.24. The van der Waals surface area contributed by atoms with Gasteiger partial charge in [0.25, 0.3) is 0 Å². The van der Waals surface area contributed by atoms with Crippen LogP contribution in [-0.4, -0.2) is 51.8 Å². The first-order valence-corrected chi connectivity index (χ1v) is 10.1. The van der Waals surface area contributed by atoms with E-state index >= 15 is 0 Å². The van der Waals surface area contributed by atoms with E-state index in [2.05, 4.69) is 25.9 Å². The van der Waals surface area contributed by atoms with E-state index in [0.717, 1.165) is 24.2 Å². The highest BCUT2D eigenvalue weighted by atomic mass is 32.1. The lowest BCUT2D eigenvalue weighted by atomic mass is 10.1. The number of hydrogen-bond acceptors (Lipinski definition) is 6. The fourth-order valence-corrected chi connectivity index (χ4v) is 3.37. The summed E-state index contributed by atoms with van der Waals surface area (Å²) in [6.07, 6.45) is 4.89. The molecule has 0 spiro atoms. The first-order valence-electron chi connectivity index (χ1n) is 9.73. The summed E-state index contributed by atoms with van der Waals surface area (Å²) in [5, 5.41) is 10.4. The first kappa shape index (κ1) is 20.8. The molecule has 1 saturated heterocycles. The number of hydrogen-bond donors (Lipinski definition) is 3. The van der Waals surface area contributed by atoms with Crippen molar-refractivity contribution in [3.8, 4) is 0 Å². The van der Waals surface area contributed by atoms with Crippen LogP contribution in [0.4, 0.5) is 16.3 Å². The second-order valence-corrected chi connectivity index (χ2v) is 7.04. The summed E-state index contributed by atoms with van der Waals surface area (Å²) in [6, 6.07) is 9.78. The van der Waals surface area contributed by atoms with Crippen molar-refractivity contribution in [2.45, 2.75) is 32.4 Å². The van der Waals surface area contributed by atoms with E-state index < -0.39 is 0 Å². The van der Waals surface area contributed by atoms with Crippen molar-refractivity contribution in [3.63, 3.8) is 0 Å². The molecule has 1 aliphatic heterocycles. The highest BCUT2D eigenvalue weighted by molar-refractivity contribution is 7.80. The molecule has 3 heterocycles. The van der Waals surface area contributed by atoms with Crippen LogP contribution in [0.2, 0.25) is 0 Å². The summed E-state index contributed by atoms with van der Waals surface area (Å²) in [5.74, 6) is 0.708. The Kier molecular flexibility index (Phi) is 7.57. The number of amides is 1. The second-order valence-electron chi connectivity index (χ2n) is 6.63. The Morgan fingerprint density at radius 1 is 1.21 bits per heavy atom. The summed E-state index contributed by atoms with van der Waals surface area (Å²) in [6.45, 7) is 4.09. The molecule has 29 heavy (non-hydrogen) atoms. The van der Waals surface area contributed by atoms with Crippen molar-refractivity contribution < 1.29 is 9.53 Å². The van der Waals surface area contributed by atoms with Gasteiger partial charge in [-0.2, -0.15) is 0 Å². The van der Waals surface area contributed by atoms with Crippen LogP contribution in [0.15, 0.2) is 42.7 Å². The summed E-state index contributed by atoms with van der Waals surface area (Å²) in [4.78, 5) is 22.2. The molecule has 3 rings (SSSR count). The van der Waals surface area contributed by atoms with Gasteiger partial charge < -0.3 is 25.6 Å². The lowest BCUT2D eigenvalue weighted by Gasteiger charge is -2.32. The van der Waals surface area contributed by atoms with E-state index in [4.69, 9.17) is 17.0 Å². The maximum absolute atomic E-state index is 11.8. The fraction of sp³-hybridized carbons (Fsp3) is 0.400. The average Bonchev–Trinajstić information content (AvgIpc) is 2.74. The Morgan fingerprint density at radius 3 is 2.72 bits per heavy atom. The number of thiocarbonyl (C=S) groups is 1. The number of aromatic nitrogens is 2. The minimum Gasteiger partial charge on any atom is -0.450 e. The van der Waals surface area contributed by atoms with Gasteiger partial charge in [-0.05, 0) is 56.2 Å². The molecular weight excluding hydrogens is 388 g/mol. The van der Waals surface area contributed by atoms with Crippen molar-refractivity contribution in [1.82, 2.24) is 20.2 Å². The molecule has 2 aromatic heterocycles. The van der Waals surface area contributed by atoms with E-state index in [1.54, 1.807) is 17.3 Å². The Balaban J connectivity index is 1.49. The summed E-state index contributed by atoms with van der Waals surface area (Å²) in [5.41, 5.74) is 1.73. The van der Waals surface area contributed by atoms with E-state index in [1.165, 1.54) is 0 Å². The van der Waals surface area contributed by atoms with Gasteiger partial charge in [-0.3, -0.25) is 4.98 Å². The topological polar surface area (TPSA) is 91.4 Å². The summed E-state index contributed by atoms with van der Waals surface area (Å²) < 4.78 is 5.05. The number of pyridine rings is 2. The Morgan fingerprint density at radius 2 is 2.00 bits per heavy atom. The van der Waals surface area contributed by atoms with E-state index in [9.17, 15) is 4.79 Å². The molecule has 154 valence electrons. The summed E-state index contributed by atoms with van der Waals surface area (Å²) in [7, 11) is 0. The number of carbonyl (C=O) groups excluding carboxylic acids is 1. The molecule has 8 nitrogen and oxygen atoms in total. The predicted molar refractivity (Wildman–Crippen MR) is 117 cm³/mol. The monoisotopic (exact) mass is 414 g/mol. The van der Waals surface area contributed by atoms with Gasteiger partial charge >= 0.3 is 6.09 Å². The Bertz CT molecular complexity index is 812. The molecule has 0 radical (unpaired) electrons. The second kappa shape index (κ2) is 10.6. The minimum atomic E-state index is -0.245. The van der Waals surface area contributed by atoms with Crippen LogP contribution < -0.4 is 16.0 Å². The van der Waals surface area contributed by atoms with Crippen LogP contribution in [-0.2, 0) is 11.3 Å². The number of nitrogens with zero attached hydrogens (tertiary/aromatic N) is 3. The number of ether oxygens (including phenoxy) is 1. The molecule has 0 aromatic carbocycles. The Hall–Kier alpha value is -2.94. The van der Waals surface area contributed by atoms with Gasteiger partial charge in [0.2, 0.25) is 0 Å². The first-order chi connectivity index (χ1) is 14.2. The van der Waals surface area contributed by atoms with Gasteiger partial charge in [0.15, 0.2) is 5.11 Å². The largest absolute Gasteiger partial charge is 0.450 e. The molecule has 1 aliphatic rings. The molecule has 0 unspecified atom stereocenters. The maximum atomic E-state index is 11.8. The third-order valence-electron chi connectivity index (χ3n) is 4.58. The molecule has 0 bridgehead atoms. The van der Waals surface area contributed by atoms with Crippen molar-refractivity contribution in [2.24, 2.45) is 0 Å². The molecule has 0 saturated carbocycles. The third-order valence-corrected chi connectivity index (χ3v) is 4.80. The molecule has 3 N–H and O–H groups in total.